The van der Waals surface area contributed by atoms with Crippen LogP contribution in [0.4, 0.5) is 10.1 Å². The summed E-state index contributed by atoms with van der Waals surface area (Å²) in [4.78, 5) is 33.8. The number of nitrogens with one attached hydrogen (secondary N) is 1. The Kier molecular flexibility index (Phi) is 5.73. The van der Waals surface area contributed by atoms with E-state index in [4.69, 9.17) is 21.3 Å². The molecule has 2 aliphatic heterocycles. The molecule has 2 bridgehead atoms. The van der Waals surface area contributed by atoms with Crippen molar-refractivity contribution in [3.8, 4) is 6.07 Å². The zero-order valence-corrected chi connectivity index (χ0v) is 20.4. The Morgan fingerprint density at radius 3 is 2.64 bits per heavy atom. The predicted molar refractivity (Wildman–Crippen MR) is 130 cm³/mol. The summed E-state index contributed by atoms with van der Waals surface area (Å²) in [6.45, 7) is 1.99. The maximum atomic E-state index is 14.7. The van der Waals surface area contributed by atoms with Crippen molar-refractivity contribution >= 4 is 34.2 Å². The molecule has 0 amide bonds. The fraction of sp³-hybridized carbons (Fsp3) is 0.400. The SMILES string of the molecule is C[C@@H](Nc1ccc(Cl)nc1C(=O)O)c1cc(F)cc2c(=O)n(C)c(C34CCC(C#N)(CC3)OC4)nc12. The topological polar surface area (TPSA) is 130 Å². The van der Waals surface area contributed by atoms with Gasteiger partial charge in [0.25, 0.3) is 5.56 Å². The number of carboxylic acids is 1. The van der Waals surface area contributed by atoms with Gasteiger partial charge in [0, 0.05) is 12.6 Å². The van der Waals surface area contributed by atoms with Crippen molar-refractivity contribution in [1.29, 1.82) is 5.26 Å². The highest BCUT2D eigenvalue weighted by molar-refractivity contribution is 6.29. The van der Waals surface area contributed by atoms with Crippen molar-refractivity contribution in [1.82, 2.24) is 14.5 Å². The number of aromatic nitrogens is 3. The fourth-order valence-electron chi connectivity index (χ4n) is 5.33. The lowest BCUT2D eigenvalue weighted by molar-refractivity contribution is -0.126. The molecule has 1 aliphatic carbocycles. The molecule has 3 aromatic rings. The van der Waals surface area contributed by atoms with Crippen LogP contribution in [-0.4, -0.2) is 37.8 Å². The number of halogens is 2. The van der Waals surface area contributed by atoms with E-state index in [-0.39, 0.29) is 34.1 Å². The summed E-state index contributed by atoms with van der Waals surface area (Å²) in [5.41, 5.74) is -1.06. The van der Waals surface area contributed by atoms with E-state index in [0.717, 1.165) is 6.07 Å². The van der Waals surface area contributed by atoms with Gasteiger partial charge < -0.3 is 15.2 Å². The molecule has 6 rings (SSSR count). The monoisotopic (exact) mass is 511 g/mol. The standard InChI is InChI=1S/C25H23ClFN5O4/c1-13(29-17-3-4-18(26)30-20(17)22(34)35)15-9-14(27)10-16-19(15)31-23(32(2)21(16)33)24-5-7-25(11-28,8-6-24)36-12-24/h3-4,9-10,13,29H,5-8,12H2,1-2H3,(H,34,35)/t13-,24?,25?/m1/s1. The lowest BCUT2D eigenvalue weighted by Gasteiger charge is -2.49. The molecule has 0 unspecified atom stereocenters. The van der Waals surface area contributed by atoms with Crippen LogP contribution in [0.3, 0.4) is 0 Å². The molecule has 1 saturated carbocycles. The molecule has 1 atom stereocenters. The summed E-state index contributed by atoms with van der Waals surface area (Å²) < 4.78 is 22.1. The molecular formula is C25H23ClFN5O4. The number of carbonyl (C=O) groups is 1. The number of benzene rings is 1. The number of rotatable bonds is 5. The molecule has 9 nitrogen and oxygen atoms in total. The van der Waals surface area contributed by atoms with Crippen LogP contribution in [0.5, 0.6) is 0 Å². The maximum absolute atomic E-state index is 14.7. The first-order valence-electron chi connectivity index (χ1n) is 11.5. The first-order chi connectivity index (χ1) is 17.1. The molecule has 2 saturated heterocycles. The molecule has 2 aromatic heterocycles. The average molecular weight is 512 g/mol. The Bertz CT molecular complexity index is 1490. The van der Waals surface area contributed by atoms with Gasteiger partial charge in [0.1, 0.15) is 16.8 Å². The molecule has 3 aliphatic rings. The Morgan fingerprint density at radius 1 is 1.31 bits per heavy atom. The minimum Gasteiger partial charge on any atom is -0.476 e. The minimum absolute atomic E-state index is 0.0264. The predicted octanol–water partition coefficient (Wildman–Crippen LogP) is 4.10. The largest absolute Gasteiger partial charge is 0.476 e. The van der Waals surface area contributed by atoms with Gasteiger partial charge in [-0.25, -0.2) is 19.2 Å². The third-order valence-corrected chi connectivity index (χ3v) is 7.61. The number of carboxylic acid groups (broad SMARTS) is 1. The molecule has 11 heteroatoms. The summed E-state index contributed by atoms with van der Waals surface area (Å²) in [5, 5.41) is 22.3. The molecule has 1 aromatic carbocycles. The zero-order valence-electron chi connectivity index (χ0n) is 19.6. The number of anilines is 1. The lowest BCUT2D eigenvalue weighted by Crippen LogP contribution is -2.54. The third-order valence-electron chi connectivity index (χ3n) is 7.39. The Labute approximate surface area is 210 Å². The van der Waals surface area contributed by atoms with Crippen molar-refractivity contribution in [3.05, 3.63) is 62.7 Å². The zero-order chi connectivity index (χ0) is 25.8. The van der Waals surface area contributed by atoms with E-state index in [0.29, 0.717) is 42.6 Å². The van der Waals surface area contributed by atoms with E-state index in [1.54, 1.807) is 14.0 Å². The third kappa shape index (κ3) is 3.79. The van der Waals surface area contributed by atoms with E-state index in [1.807, 2.05) is 0 Å². The van der Waals surface area contributed by atoms with Crippen LogP contribution in [-0.2, 0) is 17.2 Å². The van der Waals surface area contributed by atoms with Crippen LogP contribution < -0.4 is 10.9 Å². The Morgan fingerprint density at radius 2 is 2.03 bits per heavy atom. The van der Waals surface area contributed by atoms with Crippen LogP contribution >= 0.6 is 11.6 Å². The second-order valence-electron chi connectivity index (χ2n) is 9.57. The van der Waals surface area contributed by atoms with Gasteiger partial charge in [0.15, 0.2) is 11.3 Å². The smallest absolute Gasteiger partial charge is 0.356 e. The van der Waals surface area contributed by atoms with Crippen molar-refractivity contribution in [3.63, 3.8) is 0 Å². The van der Waals surface area contributed by atoms with Crippen molar-refractivity contribution in [2.45, 2.75) is 49.7 Å². The van der Waals surface area contributed by atoms with E-state index >= 15 is 0 Å². The molecule has 2 N–H and O–H groups in total. The number of pyridine rings is 1. The average Bonchev–Trinajstić information content (AvgIpc) is 2.88. The van der Waals surface area contributed by atoms with E-state index in [9.17, 15) is 24.3 Å². The summed E-state index contributed by atoms with van der Waals surface area (Å²) in [6, 6.07) is 7.03. The second-order valence-corrected chi connectivity index (χ2v) is 9.95. The molecule has 186 valence electrons. The first kappa shape index (κ1) is 24.2. The van der Waals surface area contributed by atoms with E-state index < -0.39 is 28.8 Å². The van der Waals surface area contributed by atoms with Gasteiger partial charge in [0.2, 0.25) is 0 Å². The highest BCUT2D eigenvalue weighted by atomic mass is 35.5. The van der Waals surface area contributed by atoms with Gasteiger partial charge >= 0.3 is 5.97 Å². The molecular weight excluding hydrogens is 489 g/mol. The van der Waals surface area contributed by atoms with Crippen LogP contribution in [0.25, 0.3) is 10.9 Å². The van der Waals surface area contributed by atoms with E-state index in [1.165, 1.54) is 22.8 Å². The summed E-state index contributed by atoms with van der Waals surface area (Å²) in [7, 11) is 1.62. The van der Waals surface area contributed by atoms with Crippen molar-refractivity contribution in [2.24, 2.45) is 7.05 Å². The molecule has 3 fully saturated rings. The number of nitrogens with zero attached hydrogens (tertiary/aromatic N) is 4. The molecule has 36 heavy (non-hydrogen) atoms. The highest BCUT2D eigenvalue weighted by Crippen LogP contribution is 2.49. The number of hydrogen-bond donors (Lipinski definition) is 2. The van der Waals surface area contributed by atoms with Crippen molar-refractivity contribution < 1.29 is 19.0 Å². The molecule has 4 heterocycles. The summed E-state index contributed by atoms with van der Waals surface area (Å²) >= 11 is 5.86. The first-order valence-corrected chi connectivity index (χ1v) is 11.9. The number of hydrogen-bond acceptors (Lipinski definition) is 7. The molecule has 0 spiro atoms. The maximum Gasteiger partial charge on any atom is 0.356 e. The summed E-state index contributed by atoms with van der Waals surface area (Å²) in [6.07, 6.45) is 2.39. The van der Waals surface area contributed by atoms with Crippen LogP contribution in [0, 0.1) is 17.1 Å². The lowest BCUT2D eigenvalue weighted by atomic mass is 9.66. The minimum atomic E-state index is -1.27. The quantitative estimate of drug-likeness (QED) is 0.490. The van der Waals surface area contributed by atoms with Crippen LogP contribution in [0.1, 0.15) is 60.5 Å². The van der Waals surface area contributed by atoms with Crippen LogP contribution in [0.2, 0.25) is 5.15 Å². The van der Waals surface area contributed by atoms with Gasteiger partial charge in [-0.05, 0) is 56.9 Å². The fourth-order valence-corrected chi connectivity index (χ4v) is 5.47. The number of nitriles is 1. The number of aromatic carboxylic acids is 1. The number of fused-ring (bicyclic) bond motifs is 4. The van der Waals surface area contributed by atoms with Gasteiger partial charge in [-0.3, -0.25) is 9.36 Å². The molecule has 0 radical (unpaired) electrons. The second kappa shape index (κ2) is 8.54. The Balaban J connectivity index is 1.62. The van der Waals surface area contributed by atoms with Gasteiger partial charge in [-0.15, -0.1) is 0 Å². The normalized spacial score (nSPS) is 23.9. The number of ether oxygens (including phenoxy) is 1. The van der Waals surface area contributed by atoms with Gasteiger partial charge in [-0.1, -0.05) is 11.6 Å². The van der Waals surface area contributed by atoms with Crippen LogP contribution in [0.15, 0.2) is 29.1 Å². The van der Waals surface area contributed by atoms with Gasteiger partial charge in [-0.2, -0.15) is 5.26 Å². The highest BCUT2D eigenvalue weighted by Gasteiger charge is 2.52. The van der Waals surface area contributed by atoms with E-state index in [2.05, 4.69) is 16.4 Å². The van der Waals surface area contributed by atoms with Crippen molar-refractivity contribution in [2.75, 3.05) is 11.9 Å². The summed E-state index contributed by atoms with van der Waals surface area (Å²) in [5.74, 6) is -1.35. The van der Waals surface area contributed by atoms with Gasteiger partial charge in [0.05, 0.1) is 40.7 Å². The Hall–Kier alpha value is -3.55.